The van der Waals surface area contributed by atoms with E-state index in [1.54, 1.807) is 0 Å². The smallest absolute Gasteiger partial charge is 0.215 e. The number of hydrogen-bond donors (Lipinski definition) is 2. The Morgan fingerprint density at radius 1 is 1.80 bits per heavy atom. The molecule has 4 heteroatoms. The molecule has 0 saturated carbocycles. The molecule has 0 atom stereocenters. The van der Waals surface area contributed by atoms with Crippen LogP contribution in [0, 0.1) is 5.41 Å². The average Bonchev–Trinajstić information content (AvgIpc) is 1.41. The second-order valence-corrected chi connectivity index (χ2v) is 0.289. The van der Waals surface area contributed by atoms with Crippen LogP contribution < -0.4 is 0 Å². The van der Waals surface area contributed by atoms with E-state index in [-0.39, 0.29) is 0 Å². The van der Waals surface area contributed by atoms with Gasteiger partial charge in [0, 0.05) is 0 Å². The highest BCUT2D eigenvalue weighted by Crippen LogP contribution is 1.55. The molecular formula is CH3NO3. The van der Waals surface area contributed by atoms with E-state index < -0.39 is 0 Å². The van der Waals surface area contributed by atoms with Gasteiger partial charge in [-0.1, -0.05) is 0 Å². The lowest BCUT2D eigenvalue weighted by Gasteiger charge is -1.78. The fourth-order valence-corrected chi connectivity index (χ4v) is 0.0215. The van der Waals surface area contributed by atoms with Crippen molar-refractivity contribution < 1.29 is 15.2 Å². The van der Waals surface area contributed by atoms with Gasteiger partial charge < -0.3 is 0 Å². The summed E-state index contributed by atoms with van der Waals surface area (Å²) < 4.78 is 0. The van der Waals surface area contributed by atoms with Crippen LogP contribution in [0.4, 0.5) is 0 Å². The Balaban J connectivity index is 2.40. The topological polar surface area (TPSA) is 62.5 Å². The summed E-state index contributed by atoms with van der Waals surface area (Å²) in [5, 5.41) is 16.1. The first-order valence-corrected chi connectivity index (χ1v) is 0.874. The number of hydrogen-bond acceptors (Lipinski definition) is 4. The second kappa shape index (κ2) is 3.39. The van der Waals surface area contributed by atoms with Crippen molar-refractivity contribution in [3.05, 3.63) is 0 Å². The molecule has 4 nitrogen and oxygen atoms in total. The fourth-order valence-electron chi connectivity index (χ4n) is 0.0215. The maximum Gasteiger partial charge on any atom is 0.215 e. The van der Waals surface area contributed by atoms with E-state index >= 15 is 0 Å². The van der Waals surface area contributed by atoms with Crippen LogP contribution in [-0.2, 0) is 9.93 Å². The zero-order valence-electron chi connectivity index (χ0n) is 2.34. The second-order valence-electron chi connectivity index (χ2n) is 0.289. The minimum atomic E-state index is 0.458. The van der Waals surface area contributed by atoms with Crippen LogP contribution in [0.25, 0.3) is 0 Å². The average molecular weight is 77.0 g/mol. The van der Waals surface area contributed by atoms with Crippen molar-refractivity contribution in [1.82, 2.24) is 0 Å². The molecule has 0 rings (SSSR count). The van der Waals surface area contributed by atoms with Crippen molar-refractivity contribution in [1.29, 1.82) is 5.41 Å². The van der Waals surface area contributed by atoms with Crippen molar-refractivity contribution in [3.8, 4) is 0 Å². The van der Waals surface area contributed by atoms with Gasteiger partial charge in [0.15, 0.2) is 0 Å². The Hall–Kier alpha value is -0.610. The maximum absolute atomic E-state index is 7.19. The van der Waals surface area contributed by atoms with Crippen LogP contribution in [0.2, 0.25) is 0 Å². The fraction of sp³-hybridized carbons (Fsp3) is 0. The number of rotatable bonds is 2. The van der Waals surface area contributed by atoms with Crippen LogP contribution in [0.3, 0.4) is 0 Å². The molecule has 0 aliphatic carbocycles. The summed E-state index contributed by atoms with van der Waals surface area (Å²) in [5.41, 5.74) is 0. The van der Waals surface area contributed by atoms with E-state index in [0.29, 0.717) is 6.40 Å². The van der Waals surface area contributed by atoms with Crippen molar-refractivity contribution in [2.24, 2.45) is 0 Å². The Bertz CT molecular complexity index is 28.1. The molecule has 5 heavy (non-hydrogen) atoms. The predicted octanol–water partition coefficient (Wildman–Crippen LogP) is 0.0147. The summed E-state index contributed by atoms with van der Waals surface area (Å²) in [6.45, 7) is 0. The molecule has 0 aromatic heterocycles. The van der Waals surface area contributed by atoms with Crippen molar-refractivity contribution in [2.45, 2.75) is 0 Å². The molecule has 0 aliphatic heterocycles. The summed E-state index contributed by atoms with van der Waals surface area (Å²) in [4.78, 5) is 3.43. The Kier molecular flexibility index (Phi) is 2.98. The van der Waals surface area contributed by atoms with E-state index in [2.05, 4.69) is 9.93 Å². The molecule has 0 aromatic carbocycles. The van der Waals surface area contributed by atoms with Crippen molar-refractivity contribution in [2.75, 3.05) is 0 Å². The summed E-state index contributed by atoms with van der Waals surface area (Å²) in [6, 6.07) is 0. The lowest BCUT2D eigenvalue weighted by molar-refractivity contribution is -0.447. The zero-order valence-corrected chi connectivity index (χ0v) is 2.34. The molecule has 0 spiro atoms. The normalized spacial score (nSPS) is 6.60. The van der Waals surface area contributed by atoms with Gasteiger partial charge in [-0.05, 0) is 5.04 Å². The molecule has 0 radical (unpaired) electrons. The molecule has 2 N–H and O–H groups in total. The highest BCUT2D eigenvalue weighted by Gasteiger charge is 1.58. The summed E-state index contributed by atoms with van der Waals surface area (Å²) >= 11 is 0. The minimum absolute atomic E-state index is 0.458. The Morgan fingerprint density at radius 3 is 2.40 bits per heavy atom. The zero-order chi connectivity index (χ0) is 4.12. The van der Waals surface area contributed by atoms with Crippen LogP contribution in [0.1, 0.15) is 0 Å². The molecular weight excluding hydrogens is 74.0 g/mol. The van der Waals surface area contributed by atoms with E-state index in [4.69, 9.17) is 10.7 Å². The minimum Gasteiger partial charge on any atom is -0.297 e. The van der Waals surface area contributed by atoms with Gasteiger partial charge in [0.1, 0.15) is 0 Å². The van der Waals surface area contributed by atoms with Gasteiger partial charge in [0.05, 0.1) is 0 Å². The summed E-state index contributed by atoms with van der Waals surface area (Å²) in [7, 11) is 0. The van der Waals surface area contributed by atoms with Crippen LogP contribution >= 0.6 is 0 Å². The van der Waals surface area contributed by atoms with Crippen molar-refractivity contribution >= 4 is 6.40 Å². The molecule has 0 amide bonds. The van der Waals surface area contributed by atoms with Crippen LogP contribution in [0.5, 0.6) is 0 Å². The third kappa shape index (κ3) is 3.39. The van der Waals surface area contributed by atoms with E-state index in [0.717, 1.165) is 0 Å². The van der Waals surface area contributed by atoms with Gasteiger partial charge in [-0.3, -0.25) is 10.3 Å². The lowest BCUT2D eigenvalue weighted by atomic mass is 11.6. The summed E-state index contributed by atoms with van der Waals surface area (Å²) in [6.07, 6.45) is 0.458. The van der Waals surface area contributed by atoms with E-state index in [1.807, 2.05) is 0 Å². The standard InChI is InChI=1S/CH3NO3/c2-1-4-5-3/h1-3H. The van der Waals surface area contributed by atoms with Gasteiger partial charge in [-0.25, -0.2) is 5.26 Å². The predicted molar refractivity (Wildman–Crippen MR) is 13.6 cm³/mol. The molecule has 0 heterocycles. The Morgan fingerprint density at radius 2 is 2.40 bits per heavy atom. The monoisotopic (exact) mass is 77.0 g/mol. The third-order valence-electron chi connectivity index (χ3n) is 0.0911. The van der Waals surface area contributed by atoms with Crippen LogP contribution in [-0.4, -0.2) is 11.7 Å². The maximum atomic E-state index is 7.19. The van der Waals surface area contributed by atoms with Gasteiger partial charge >= 0.3 is 0 Å². The lowest BCUT2D eigenvalue weighted by Crippen LogP contribution is -1.80. The molecule has 0 aromatic rings. The molecule has 0 unspecified atom stereocenters. The van der Waals surface area contributed by atoms with E-state index in [1.165, 1.54) is 0 Å². The summed E-state index contributed by atoms with van der Waals surface area (Å²) in [5.74, 6) is 0. The van der Waals surface area contributed by atoms with Gasteiger partial charge in [0.25, 0.3) is 0 Å². The molecule has 0 bridgehead atoms. The number of nitrogens with one attached hydrogen (secondary N) is 1. The highest BCUT2D eigenvalue weighted by atomic mass is 17.5. The first-order chi connectivity index (χ1) is 2.41. The quantitative estimate of drug-likeness (QED) is 0.211. The van der Waals surface area contributed by atoms with Gasteiger partial charge in [-0.2, -0.15) is 0 Å². The largest absolute Gasteiger partial charge is 0.297 e. The third-order valence-corrected chi connectivity index (χ3v) is 0.0911. The highest BCUT2D eigenvalue weighted by molar-refractivity contribution is 5.39. The van der Waals surface area contributed by atoms with Gasteiger partial charge in [0.2, 0.25) is 6.40 Å². The molecule has 0 saturated heterocycles. The Labute approximate surface area is 28.3 Å². The molecule has 30 valence electrons. The molecule has 0 fully saturated rings. The first-order valence-electron chi connectivity index (χ1n) is 0.874. The van der Waals surface area contributed by atoms with Crippen LogP contribution in [0.15, 0.2) is 0 Å². The van der Waals surface area contributed by atoms with Crippen molar-refractivity contribution in [3.63, 3.8) is 0 Å². The van der Waals surface area contributed by atoms with E-state index in [9.17, 15) is 0 Å². The first kappa shape index (κ1) is 4.39. The molecule has 0 aliphatic rings. The SMILES string of the molecule is N=COOO. The van der Waals surface area contributed by atoms with Gasteiger partial charge in [-0.15, -0.1) is 0 Å².